The summed E-state index contributed by atoms with van der Waals surface area (Å²) in [5.74, 6) is -0.477. The van der Waals surface area contributed by atoms with Crippen LogP contribution in [0.2, 0.25) is 15.1 Å². The van der Waals surface area contributed by atoms with E-state index in [-0.39, 0.29) is 24.8 Å². The Morgan fingerprint density at radius 1 is 0.844 bits per heavy atom. The quantitative estimate of drug-likeness (QED) is 0.449. The van der Waals surface area contributed by atoms with Crippen molar-refractivity contribution in [3.8, 4) is 0 Å². The molecule has 0 fully saturated rings. The van der Waals surface area contributed by atoms with Gasteiger partial charge in [-0.25, -0.2) is 0 Å². The van der Waals surface area contributed by atoms with Gasteiger partial charge in [-0.3, -0.25) is 9.59 Å². The highest BCUT2D eigenvalue weighted by Gasteiger charge is 2.30. The second-order valence-corrected chi connectivity index (χ2v) is 8.60. The Balaban J connectivity index is 1.98. The third kappa shape index (κ3) is 6.26. The second kappa shape index (κ2) is 11.4. The fraction of sp³-hybridized carbons (Fsp3) is 0.200. The van der Waals surface area contributed by atoms with Crippen LogP contribution in [0.15, 0.2) is 72.8 Å². The van der Waals surface area contributed by atoms with E-state index in [4.69, 9.17) is 34.8 Å². The lowest BCUT2D eigenvalue weighted by atomic mass is 10.0. The van der Waals surface area contributed by atoms with E-state index in [1.807, 2.05) is 30.3 Å². The summed E-state index contributed by atoms with van der Waals surface area (Å²) < 4.78 is 0. The maximum absolute atomic E-state index is 13.5. The van der Waals surface area contributed by atoms with Crippen molar-refractivity contribution in [2.45, 2.75) is 25.4 Å². The smallest absolute Gasteiger partial charge is 0.242 e. The van der Waals surface area contributed by atoms with Gasteiger partial charge in [0.2, 0.25) is 11.8 Å². The number of hydrogen-bond donors (Lipinski definition) is 1. The molecule has 1 unspecified atom stereocenters. The molecule has 2 amide bonds. The Morgan fingerprint density at radius 3 is 2.06 bits per heavy atom. The molecule has 1 N–H and O–H groups in total. The van der Waals surface area contributed by atoms with Gasteiger partial charge in [-0.1, -0.05) is 83.3 Å². The van der Waals surface area contributed by atoms with E-state index in [0.29, 0.717) is 27.1 Å². The molecule has 0 radical (unpaired) electrons. The number of carbonyl (C=O) groups excluding carboxylic acids is 2. The lowest BCUT2D eigenvalue weighted by molar-refractivity contribution is -0.140. The van der Waals surface area contributed by atoms with Gasteiger partial charge in [-0.05, 0) is 35.4 Å². The molecule has 0 spiro atoms. The number of halogens is 3. The minimum atomic E-state index is -0.741. The van der Waals surface area contributed by atoms with Gasteiger partial charge in [0, 0.05) is 40.6 Å². The normalized spacial score (nSPS) is 11.6. The van der Waals surface area contributed by atoms with Gasteiger partial charge in [0.1, 0.15) is 6.04 Å². The Bertz CT molecular complexity index is 1050. The number of likely N-dealkylation sites (N-methyl/N-ethyl adjacent to an activating group) is 1. The molecule has 7 heteroatoms. The summed E-state index contributed by atoms with van der Waals surface area (Å²) in [7, 11) is 1.56. The molecule has 3 rings (SSSR count). The SMILES string of the molecule is CNC(=O)C(Cc1ccccc1)N(Cc1c(Cl)cccc1Cl)C(=O)Cc1ccc(Cl)cc1. The monoisotopic (exact) mass is 488 g/mol. The van der Waals surface area contributed by atoms with Crippen molar-refractivity contribution >= 4 is 46.6 Å². The highest BCUT2D eigenvalue weighted by atomic mass is 35.5. The standard InChI is InChI=1S/C25H23Cl3N2O2/c1-29-25(32)23(14-17-6-3-2-4-7-17)30(16-20-21(27)8-5-9-22(20)28)24(31)15-18-10-12-19(26)13-11-18/h2-13,23H,14-16H2,1H3,(H,29,32). The van der Waals surface area contributed by atoms with Gasteiger partial charge in [-0.2, -0.15) is 0 Å². The average Bonchev–Trinajstić information content (AvgIpc) is 2.79. The average molecular weight is 490 g/mol. The van der Waals surface area contributed by atoms with Crippen LogP contribution in [0.25, 0.3) is 0 Å². The van der Waals surface area contributed by atoms with Gasteiger partial charge in [-0.15, -0.1) is 0 Å². The van der Waals surface area contributed by atoms with E-state index in [1.54, 1.807) is 54.4 Å². The lowest BCUT2D eigenvalue weighted by Crippen LogP contribution is -2.50. The topological polar surface area (TPSA) is 49.4 Å². The van der Waals surface area contributed by atoms with Crippen LogP contribution in [0.1, 0.15) is 16.7 Å². The van der Waals surface area contributed by atoms with Crippen molar-refractivity contribution in [1.82, 2.24) is 10.2 Å². The molecule has 3 aromatic carbocycles. The summed E-state index contributed by atoms with van der Waals surface area (Å²) in [5, 5.41) is 4.17. The van der Waals surface area contributed by atoms with Crippen LogP contribution in [0, 0.1) is 0 Å². The first-order chi connectivity index (χ1) is 15.4. The number of amides is 2. The summed E-state index contributed by atoms with van der Waals surface area (Å²) in [5.41, 5.74) is 2.34. The van der Waals surface area contributed by atoms with E-state index < -0.39 is 6.04 Å². The molecule has 0 saturated heterocycles. The van der Waals surface area contributed by atoms with Crippen LogP contribution in [0.5, 0.6) is 0 Å². The minimum absolute atomic E-state index is 0.107. The van der Waals surface area contributed by atoms with Crippen molar-refractivity contribution in [3.63, 3.8) is 0 Å². The minimum Gasteiger partial charge on any atom is -0.357 e. The molecule has 4 nitrogen and oxygen atoms in total. The molecule has 0 aromatic heterocycles. The first-order valence-electron chi connectivity index (χ1n) is 10.1. The summed E-state index contributed by atoms with van der Waals surface area (Å²) in [6.07, 6.45) is 0.469. The molecule has 3 aromatic rings. The molecule has 166 valence electrons. The van der Waals surface area contributed by atoms with E-state index in [9.17, 15) is 9.59 Å². The molecule has 0 saturated carbocycles. The Labute approximate surface area is 203 Å². The Kier molecular flexibility index (Phi) is 8.57. The third-order valence-electron chi connectivity index (χ3n) is 5.18. The number of benzene rings is 3. The number of rotatable bonds is 8. The van der Waals surface area contributed by atoms with Gasteiger partial charge < -0.3 is 10.2 Å². The molecule has 0 aliphatic rings. The molecule has 0 aliphatic heterocycles. The Hall–Kier alpha value is -2.53. The highest BCUT2D eigenvalue weighted by molar-refractivity contribution is 6.36. The van der Waals surface area contributed by atoms with Gasteiger partial charge in [0.05, 0.1) is 6.42 Å². The van der Waals surface area contributed by atoms with Crippen molar-refractivity contribution < 1.29 is 9.59 Å². The first kappa shape index (κ1) is 24.1. The lowest BCUT2D eigenvalue weighted by Gasteiger charge is -2.32. The van der Waals surface area contributed by atoms with Crippen LogP contribution in [0.3, 0.4) is 0 Å². The summed E-state index contributed by atoms with van der Waals surface area (Å²) in [6.45, 7) is 0.107. The maximum Gasteiger partial charge on any atom is 0.242 e. The van der Waals surface area contributed by atoms with Crippen LogP contribution in [0.4, 0.5) is 0 Å². The van der Waals surface area contributed by atoms with E-state index in [1.165, 1.54) is 0 Å². The zero-order valence-corrected chi connectivity index (χ0v) is 19.8. The molecule has 0 heterocycles. The van der Waals surface area contributed by atoms with E-state index in [2.05, 4.69) is 5.32 Å². The van der Waals surface area contributed by atoms with E-state index >= 15 is 0 Å². The van der Waals surface area contributed by atoms with Gasteiger partial charge in [0.25, 0.3) is 0 Å². The summed E-state index contributed by atoms with van der Waals surface area (Å²) >= 11 is 18.8. The number of nitrogens with zero attached hydrogens (tertiary/aromatic N) is 1. The maximum atomic E-state index is 13.5. The second-order valence-electron chi connectivity index (χ2n) is 7.34. The third-order valence-corrected chi connectivity index (χ3v) is 6.14. The molecular formula is C25H23Cl3N2O2. The zero-order chi connectivity index (χ0) is 23.1. The molecule has 0 bridgehead atoms. The van der Waals surface area contributed by atoms with Gasteiger partial charge in [0.15, 0.2) is 0 Å². The largest absolute Gasteiger partial charge is 0.357 e. The fourth-order valence-electron chi connectivity index (χ4n) is 3.45. The van der Waals surface area contributed by atoms with Crippen LogP contribution < -0.4 is 5.32 Å². The van der Waals surface area contributed by atoms with Crippen molar-refractivity contribution in [3.05, 3.63) is 105 Å². The zero-order valence-electron chi connectivity index (χ0n) is 17.5. The predicted molar refractivity (Wildman–Crippen MR) is 130 cm³/mol. The molecule has 32 heavy (non-hydrogen) atoms. The molecule has 1 atom stereocenters. The number of nitrogens with one attached hydrogen (secondary N) is 1. The van der Waals surface area contributed by atoms with Crippen molar-refractivity contribution in [2.75, 3.05) is 7.05 Å². The van der Waals surface area contributed by atoms with Crippen LogP contribution in [-0.4, -0.2) is 29.8 Å². The highest BCUT2D eigenvalue weighted by Crippen LogP contribution is 2.27. The number of hydrogen-bond acceptors (Lipinski definition) is 2. The summed E-state index contributed by atoms with van der Waals surface area (Å²) in [6, 6.07) is 21.1. The summed E-state index contributed by atoms with van der Waals surface area (Å²) in [4.78, 5) is 28.0. The molecule has 0 aliphatic carbocycles. The van der Waals surface area contributed by atoms with Crippen molar-refractivity contribution in [2.24, 2.45) is 0 Å². The fourth-order valence-corrected chi connectivity index (χ4v) is 4.10. The van der Waals surface area contributed by atoms with Crippen LogP contribution in [-0.2, 0) is 29.0 Å². The number of carbonyl (C=O) groups is 2. The Morgan fingerprint density at radius 2 is 1.47 bits per heavy atom. The first-order valence-corrected chi connectivity index (χ1v) is 11.2. The van der Waals surface area contributed by atoms with Crippen LogP contribution >= 0.6 is 34.8 Å². The van der Waals surface area contributed by atoms with Gasteiger partial charge >= 0.3 is 0 Å². The van der Waals surface area contributed by atoms with Crippen molar-refractivity contribution in [1.29, 1.82) is 0 Å². The van der Waals surface area contributed by atoms with E-state index in [0.717, 1.165) is 11.1 Å². The predicted octanol–water partition coefficient (Wildman–Crippen LogP) is 5.58. The molecular weight excluding hydrogens is 467 g/mol.